The van der Waals surface area contributed by atoms with E-state index in [0.717, 1.165) is 12.1 Å². The first-order chi connectivity index (χ1) is 17.1. The zero-order valence-electron chi connectivity index (χ0n) is 19.0. The molecule has 1 aliphatic rings. The maximum atomic E-state index is 13.2. The Labute approximate surface area is 207 Å². The van der Waals surface area contributed by atoms with Crippen LogP contribution in [0.25, 0.3) is 16.2 Å². The molecule has 2 aromatic heterocycles. The van der Waals surface area contributed by atoms with Gasteiger partial charge in [-0.1, -0.05) is 29.5 Å². The number of rotatable bonds is 4. The van der Waals surface area contributed by atoms with Crippen molar-refractivity contribution in [3.63, 3.8) is 0 Å². The van der Waals surface area contributed by atoms with Crippen molar-refractivity contribution in [3.8, 4) is 11.3 Å². The van der Waals surface area contributed by atoms with Gasteiger partial charge >= 0.3 is 6.18 Å². The van der Waals surface area contributed by atoms with Crippen LogP contribution in [-0.2, 0) is 6.18 Å². The van der Waals surface area contributed by atoms with Gasteiger partial charge in [0.2, 0.25) is 0 Å². The predicted octanol–water partition coefficient (Wildman–Crippen LogP) is 5.26. The molecule has 0 bridgehead atoms. The number of carbonyl (C=O) groups is 1. The standard InChI is InChI=1S/C24H20F3N5O3S/c1-15-21(36-23-28-20(14-31(15)23)16-4-2-7-19(12-16)32(34)35)22(33)30-10-8-29(9-11-30)18-6-3-5-17(13-18)24(25,26)27/h2-7,12-14H,8-11H2,1H3. The number of aromatic nitrogens is 2. The van der Waals surface area contributed by atoms with Gasteiger partial charge in [-0.05, 0) is 25.1 Å². The summed E-state index contributed by atoms with van der Waals surface area (Å²) in [4.78, 5) is 33.1. The summed E-state index contributed by atoms with van der Waals surface area (Å²) in [6, 6.07) is 11.4. The van der Waals surface area contributed by atoms with E-state index in [1.165, 1.54) is 29.5 Å². The Bertz CT molecular complexity index is 1470. The van der Waals surface area contributed by atoms with Crippen LogP contribution in [0.15, 0.2) is 54.7 Å². The molecule has 8 nitrogen and oxygen atoms in total. The lowest BCUT2D eigenvalue weighted by atomic mass is 10.1. The second-order valence-corrected chi connectivity index (χ2v) is 9.41. The molecule has 4 aromatic rings. The van der Waals surface area contributed by atoms with Crippen molar-refractivity contribution in [1.29, 1.82) is 0 Å². The van der Waals surface area contributed by atoms with Crippen molar-refractivity contribution >= 4 is 33.6 Å². The number of nitrogens with zero attached hydrogens (tertiary/aromatic N) is 5. The number of fused-ring (bicyclic) bond motifs is 1. The molecule has 1 aliphatic heterocycles. The number of non-ortho nitro benzene ring substituents is 1. The van der Waals surface area contributed by atoms with Crippen LogP contribution in [0, 0.1) is 17.0 Å². The number of hydrogen-bond donors (Lipinski definition) is 0. The van der Waals surface area contributed by atoms with Crippen LogP contribution < -0.4 is 4.90 Å². The molecular weight excluding hydrogens is 495 g/mol. The fourth-order valence-corrected chi connectivity index (χ4v) is 5.33. The number of amides is 1. The second-order valence-electron chi connectivity index (χ2n) is 8.43. The highest BCUT2D eigenvalue weighted by Crippen LogP contribution is 2.33. The van der Waals surface area contributed by atoms with E-state index < -0.39 is 16.7 Å². The van der Waals surface area contributed by atoms with Crippen LogP contribution in [0.1, 0.15) is 20.9 Å². The number of alkyl halides is 3. The predicted molar refractivity (Wildman–Crippen MR) is 129 cm³/mol. The summed E-state index contributed by atoms with van der Waals surface area (Å²) in [5.74, 6) is -0.149. The molecule has 1 amide bonds. The molecule has 0 aliphatic carbocycles. The third-order valence-corrected chi connectivity index (χ3v) is 7.35. The zero-order chi connectivity index (χ0) is 25.6. The number of anilines is 1. The van der Waals surface area contributed by atoms with E-state index in [1.807, 2.05) is 11.8 Å². The van der Waals surface area contributed by atoms with Gasteiger partial charge in [-0.15, -0.1) is 0 Å². The van der Waals surface area contributed by atoms with E-state index in [1.54, 1.807) is 33.7 Å². The van der Waals surface area contributed by atoms with Crippen molar-refractivity contribution in [2.45, 2.75) is 13.1 Å². The highest BCUT2D eigenvalue weighted by Gasteiger charge is 2.32. The number of thiazole rings is 1. The number of aryl methyl sites for hydroxylation is 1. The van der Waals surface area contributed by atoms with Crippen molar-refractivity contribution in [1.82, 2.24) is 14.3 Å². The Kier molecular flexibility index (Phi) is 5.91. The molecular formula is C24H20F3N5O3S. The van der Waals surface area contributed by atoms with Crippen LogP contribution in [0.5, 0.6) is 0 Å². The molecule has 12 heteroatoms. The quantitative estimate of drug-likeness (QED) is 0.274. The van der Waals surface area contributed by atoms with E-state index in [9.17, 15) is 28.1 Å². The molecule has 1 fully saturated rings. The molecule has 0 N–H and O–H groups in total. The van der Waals surface area contributed by atoms with Crippen LogP contribution in [0.2, 0.25) is 0 Å². The largest absolute Gasteiger partial charge is 0.416 e. The minimum absolute atomic E-state index is 0.0271. The molecule has 1 saturated heterocycles. The summed E-state index contributed by atoms with van der Waals surface area (Å²) in [5, 5.41) is 11.1. The van der Waals surface area contributed by atoms with Crippen LogP contribution >= 0.6 is 11.3 Å². The molecule has 0 saturated carbocycles. The fourth-order valence-electron chi connectivity index (χ4n) is 4.26. The summed E-state index contributed by atoms with van der Waals surface area (Å²) < 4.78 is 41.0. The average molecular weight is 516 g/mol. The molecule has 186 valence electrons. The van der Waals surface area contributed by atoms with Gasteiger partial charge in [0.05, 0.1) is 16.2 Å². The Morgan fingerprint density at radius 3 is 2.47 bits per heavy atom. The smallest absolute Gasteiger partial charge is 0.368 e. The lowest BCUT2D eigenvalue weighted by Crippen LogP contribution is -2.48. The molecule has 0 spiro atoms. The lowest BCUT2D eigenvalue weighted by Gasteiger charge is -2.36. The first-order valence-corrected chi connectivity index (χ1v) is 11.9. The molecule has 5 rings (SSSR count). The van der Waals surface area contributed by atoms with Gasteiger partial charge in [-0.25, -0.2) is 4.98 Å². The Morgan fingerprint density at radius 1 is 1.08 bits per heavy atom. The highest BCUT2D eigenvalue weighted by atomic mass is 32.1. The molecule has 0 radical (unpaired) electrons. The van der Waals surface area contributed by atoms with Gasteiger partial charge < -0.3 is 9.80 Å². The zero-order valence-corrected chi connectivity index (χ0v) is 19.8. The molecule has 0 atom stereocenters. The van der Waals surface area contributed by atoms with Crippen LogP contribution in [0.3, 0.4) is 0 Å². The topological polar surface area (TPSA) is 84.0 Å². The Hall–Kier alpha value is -3.93. The average Bonchev–Trinajstić information content (AvgIpc) is 3.43. The summed E-state index contributed by atoms with van der Waals surface area (Å²) in [5.41, 5.74) is 1.65. The normalized spacial score (nSPS) is 14.4. The van der Waals surface area contributed by atoms with Crippen LogP contribution in [0.4, 0.5) is 24.5 Å². The number of imidazole rings is 1. The van der Waals surface area contributed by atoms with Crippen molar-refractivity contribution in [3.05, 3.63) is 81.0 Å². The first kappa shape index (κ1) is 23.8. The second kappa shape index (κ2) is 8.94. The number of halogens is 3. The molecule has 2 aromatic carbocycles. The third-order valence-electron chi connectivity index (χ3n) is 6.21. The molecule has 0 unspecified atom stereocenters. The van der Waals surface area contributed by atoms with Gasteiger partial charge in [-0.2, -0.15) is 13.2 Å². The van der Waals surface area contributed by atoms with Crippen molar-refractivity contribution in [2.24, 2.45) is 0 Å². The Balaban J connectivity index is 1.31. The van der Waals surface area contributed by atoms with Crippen molar-refractivity contribution in [2.75, 3.05) is 31.1 Å². The number of benzene rings is 2. The lowest BCUT2D eigenvalue weighted by molar-refractivity contribution is -0.384. The van der Waals surface area contributed by atoms with Gasteiger partial charge in [-0.3, -0.25) is 19.3 Å². The van der Waals surface area contributed by atoms with Gasteiger partial charge in [0.25, 0.3) is 11.6 Å². The monoisotopic (exact) mass is 515 g/mol. The fraction of sp³-hybridized carbons (Fsp3) is 0.250. The van der Waals surface area contributed by atoms with E-state index in [4.69, 9.17) is 0 Å². The van der Waals surface area contributed by atoms with Gasteiger partial charge in [0, 0.05) is 61.5 Å². The van der Waals surface area contributed by atoms with E-state index in [0.29, 0.717) is 58.7 Å². The summed E-state index contributed by atoms with van der Waals surface area (Å²) in [6.45, 7) is 3.42. The maximum Gasteiger partial charge on any atom is 0.416 e. The van der Waals surface area contributed by atoms with E-state index in [2.05, 4.69) is 4.98 Å². The molecule has 36 heavy (non-hydrogen) atoms. The van der Waals surface area contributed by atoms with Crippen molar-refractivity contribution < 1.29 is 22.9 Å². The van der Waals surface area contributed by atoms with Crippen LogP contribution in [-0.4, -0.2) is 51.3 Å². The minimum Gasteiger partial charge on any atom is -0.368 e. The highest BCUT2D eigenvalue weighted by molar-refractivity contribution is 7.19. The summed E-state index contributed by atoms with van der Waals surface area (Å²) >= 11 is 1.24. The summed E-state index contributed by atoms with van der Waals surface area (Å²) in [7, 11) is 0. The SMILES string of the molecule is Cc1c(C(=O)N2CCN(c3cccc(C(F)(F)F)c3)CC2)sc2nc(-c3cccc([N+](=O)[O-])c3)cn12. The third kappa shape index (κ3) is 4.39. The number of carbonyl (C=O) groups excluding carboxylic acids is 1. The van der Waals surface area contributed by atoms with Gasteiger partial charge in [0.15, 0.2) is 4.96 Å². The number of piperazine rings is 1. The number of nitro benzene ring substituents is 1. The maximum absolute atomic E-state index is 13.2. The minimum atomic E-state index is -4.41. The summed E-state index contributed by atoms with van der Waals surface area (Å²) in [6.07, 6.45) is -2.65. The number of nitro groups is 1. The Morgan fingerprint density at radius 2 is 1.81 bits per heavy atom. The van der Waals surface area contributed by atoms with E-state index >= 15 is 0 Å². The first-order valence-electron chi connectivity index (χ1n) is 11.1. The van der Waals surface area contributed by atoms with E-state index in [-0.39, 0.29) is 11.6 Å². The van der Waals surface area contributed by atoms with Gasteiger partial charge in [0.1, 0.15) is 4.88 Å². The number of hydrogen-bond acceptors (Lipinski definition) is 6. The molecule has 3 heterocycles.